The smallest absolute Gasteiger partial charge is 0.0901 e. The Labute approximate surface area is 92.3 Å². The minimum Gasteiger partial charge on any atom is -0.396 e. The van der Waals surface area contributed by atoms with Crippen LogP contribution in [0.1, 0.15) is 32.6 Å². The van der Waals surface area contributed by atoms with Gasteiger partial charge in [0.1, 0.15) is 0 Å². The lowest BCUT2D eigenvalue weighted by molar-refractivity contribution is 0.261. The van der Waals surface area contributed by atoms with E-state index in [9.17, 15) is 0 Å². The van der Waals surface area contributed by atoms with Crippen LogP contribution in [0.4, 0.5) is 0 Å². The van der Waals surface area contributed by atoms with E-state index in [2.05, 4.69) is 11.8 Å². The van der Waals surface area contributed by atoms with E-state index in [1.54, 1.807) is 0 Å². The highest BCUT2D eigenvalue weighted by atomic mass is 32.1. The molecule has 14 heavy (non-hydrogen) atoms. The first-order valence-electron chi connectivity index (χ1n) is 5.23. The largest absolute Gasteiger partial charge is 0.396 e. The molecule has 84 valence electrons. The minimum absolute atomic E-state index is 0.221. The molecule has 0 aliphatic heterocycles. The van der Waals surface area contributed by atoms with Gasteiger partial charge in [0, 0.05) is 6.61 Å². The van der Waals surface area contributed by atoms with Crippen molar-refractivity contribution in [2.75, 3.05) is 20.2 Å². The average Bonchev–Trinajstić information content (AvgIpc) is 2.13. The fourth-order valence-corrected chi connectivity index (χ4v) is 1.88. The molecule has 0 radical (unpaired) electrons. The Morgan fingerprint density at radius 1 is 1.43 bits per heavy atom. The van der Waals surface area contributed by atoms with Crippen molar-refractivity contribution in [1.29, 1.82) is 0 Å². The molecular formula is C10H22N2OS. The summed E-state index contributed by atoms with van der Waals surface area (Å²) in [6, 6.07) is 0.221. The highest BCUT2D eigenvalue weighted by molar-refractivity contribution is 7.80. The number of aliphatic hydroxyl groups is 1. The van der Waals surface area contributed by atoms with Crippen LogP contribution in [0.25, 0.3) is 0 Å². The molecule has 0 heterocycles. The Morgan fingerprint density at radius 3 is 2.50 bits per heavy atom. The highest BCUT2D eigenvalue weighted by Gasteiger charge is 2.14. The maximum Gasteiger partial charge on any atom is 0.0901 e. The van der Waals surface area contributed by atoms with Gasteiger partial charge in [-0.1, -0.05) is 19.1 Å². The lowest BCUT2D eigenvalue weighted by Crippen LogP contribution is -2.41. The van der Waals surface area contributed by atoms with Gasteiger partial charge >= 0.3 is 0 Å². The van der Waals surface area contributed by atoms with Crippen molar-refractivity contribution in [2.24, 2.45) is 5.73 Å². The monoisotopic (exact) mass is 218 g/mol. The summed E-state index contributed by atoms with van der Waals surface area (Å²) in [5.74, 6) is 0. The molecule has 0 spiro atoms. The summed E-state index contributed by atoms with van der Waals surface area (Å²) in [6.45, 7) is 3.38. The average molecular weight is 218 g/mol. The van der Waals surface area contributed by atoms with Crippen LogP contribution in [0.15, 0.2) is 0 Å². The van der Waals surface area contributed by atoms with Gasteiger partial charge in [0.15, 0.2) is 0 Å². The number of aliphatic hydroxyl groups excluding tert-OH is 1. The zero-order valence-electron chi connectivity index (χ0n) is 9.20. The van der Waals surface area contributed by atoms with Crippen LogP contribution in [0, 0.1) is 0 Å². The summed E-state index contributed by atoms with van der Waals surface area (Å²) in [5.41, 5.74) is 5.63. The van der Waals surface area contributed by atoms with Gasteiger partial charge < -0.3 is 10.8 Å². The molecule has 1 atom stereocenters. The normalized spacial score (nSPS) is 13.1. The second-order valence-corrected chi connectivity index (χ2v) is 4.06. The number of unbranched alkanes of at least 4 members (excludes halogenated alkanes) is 2. The lowest BCUT2D eigenvalue weighted by Gasteiger charge is -2.25. The summed E-state index contributed by atoms with van der Waals surface area (Å²) in [5, 5.41) is 8.62. The summed E-state index contributed by atoms with van der Waals surface area (Å²) in [7, 11) is 2.05. The van der Waals surface area contributed by atoms with Crippen LogP contribution in [0.5, 0.6) is 0 Å². The molecule has 0 rings (SSSR count). The van der Waals surface area contributed by atoms with Crippen LogP contribution in [0.2, 0.25) is 0 Å². The van der Waals surface area contributed by atoms with Crippen LogP contribution >= 0.6 is 12.2 Å². The molecular weight excluding hydrogens is 196 g/mol. The van der Waals surface area contributed by atoms with Crippen LogP contribution in [-0.2, 0) is 0 Å². The van der Waals surface area contributed by atoms with Crippen molar-refractivity contribution in [2.45, 2.75) is 38.6 Å². The third-order valence-electron chi connectivity index (χ3n) is 2.42. The fourth-order valence-electron chi connectivity index (χ4n) is 1.54. The van der Waals surface area contributed by atoms with Crippen molar-refractivity contribution >= 4 is 17.2 Å². The molecule has 3 N–H and O–H groups in total. The molecule has 0 bridgehead atoms. The fraction of sp³-hybridized carbons (Fsp3) is 0.900. The Balaban J connectivity index is 3.69. The molecule has 0 aromatic heterocycles. The standard InChI is InChI=1S/C10H22N2OS/c1-3-9(10(11)14)12(2)7-5-4-6-8-13/h9,13H,3-8H2,1-2H3,(H2,11,14). The van der Waals surface area contributed by atoms with Crippen molar-refractivity contribution in [3.05, 3.63) is 0 Å². The third-order valence-corrected chi connectivity index (χ3v) is 2.69. The first kappa shape index (κ1) is 13.8. The molecule has 0 fully saturated rings. The maximum atomic E-state index is 8.62. The summed E-state index contributed by atoms with van der Waals surface area (Å²) in [6.07, 6.45) is 4.01. The van der Waals surface area contributed by atoms with Gasteiger partial charge in [0.25, 0.3) is 0 Å². The van der Waals surface area contributed by atoms with Gasteiger partial charge in [0.05, 0.1) is 11.0 Å². The zero-order valence-corrected chi connectivity index (χ0v) is 10.0. The number of nitrogens with two attached hydrogens (primary N) is 1. The van der Waals surface area contributed by atoms with Crippen molar-refractivity contribution in [1.82, 2.24) is 4.90 Å². The lowest BCUT2D eigenvalue weighted by atomic mass is 10.1. The summed E-state index contributed by atoms with van der Waals surface area (Å²) in [4.78, 5) is 2.77. The molecule has 0 saturated carbocycles. The zero-order chi connectivity index (χ0) is 11.0. The van der Waals surface area contributed by atoms with Crippen molar-refractivity contribution < 1.29 is 5.11 Å². The Hall–Kier alpha value is -0.190. The first-order valence-corrected chi connectivity index (χ1v) is 5.64. The Kier molecular flexibility index (Phi) is 8.04. The minimum atomic E-state index is 0.221. The number of hydrogen-bond acceptors (Lipinski definition) is 3. The van der Waals surface area contributed by atoms with E-state index in [-0.39, 0.29) is 12.6 Å². The quantitative estimate of drug-likeness (QED) is 0.474. The van der Waals surface area contributed by atoms with Crippen molar-refractivity contribution in [3.8, 4) is 0 Å². The molecule has 0 aromatic carbocycles. The van der Waals surface area contributed by atoms with Crippen molar-refractivity contribution in [3.63, 3.8) is 0 Å². The number of thiocarbonyl (C=S) groups is 1. The maximum absolute atomic E-state index is 8.62. The Morgan fingerprint density at radius 2 is 2.07 bits per heavy atom. The highest BCUT2D eigenvalue weighted by Crippen LogP contribution is 2.05. The van der Waals surface area contributed by atoms with E-state index in [1.807, 2.05) is 7.05 Å². The van der Waals surface area contributed by atoms with Crippen LogP contribution in [-0.4, -0.2) is 41.2 Å². The molecule has 0 amide bonds. The number of likely N-dealkylation sites (N-methyl/N-ethyl adjacent to an activating group) is 1. The molecule has 3 nitrogen and oxygen atoms in total. The number of hydrogen-bond donors (Lipinski definition) is 2. The second kappa shape index (κ2) is 8.15. The van der Waals surface area contributed by atoms with Gasteiger partial charge in [-0.05, 0) is 39.3 Å². The van der Waals surface area contributed by atoms with Crippen LogP contribution < -0.4 is 5.73 Å². The SMILES string of the molecule is CCC(C(N)=S)N(C)CCCCCO. The summed E-state index contributed by atoms with van der Waals surface area (Å²) < 4.78 is 0. The van der Waals surface area contributed by atoms with E-state index >= 15 is 0 Å². The molecule has 0 saturated heterocycles. The molecule has 0 aliphatic rings. The number of rotatable bonds is 8. The Bertz CT molecular complexity index is 164. The first-order chi connectivity index (χ1) is 6.63. The molecule has 0 aromatic rings. The molecule has 0 aliphatic carbocycles. The predicted molar refractivity (Wildman–Crippen MR) is 64.4 cm³/mol. The third kappa shape index (κ3) is 5.52. The van der Waals surface area contributed by atoms with E-state index in [0.717, 1.165) is 32.2 Å². The van der Waals surface area contributed by atoms with Gasteiger partial charge in [-0.3, -0.25) is 4.90 Å². The predicted octanol–water partition coefficient (Wildman–Crippen LogP) is 1.15. The summed E-state index contributed by atoms with van der Waals surface area (Å²) >= 11 is 4.99. The van der Waals surface area contributed by atoms with E-state index in [0.29, 0.717) is 4.99 Å². The van der Waals surface area contributed by atoms with E-state index in [4.69, 9.17) is 23.1 Å². The number of nitrogens with zero attached hydrogens (tertiary/aromatic N) is 1. The van der Waals surface area contributed by atoms with Gasteiger partial charge in [-0.2, -0.15) is 0 Å². The van der Waals surface area contributed by atoms with E-state index in [1.165, 1.54) is 0 Å². The van der Waals surface area contributed by atoms with Gasteiger partial charge in [0.2, 0.25) is 0 Å². The van der Waals surface area contributed by atoms with Crippen LogP contribution in [0.3, 0.4) is 0 Å². The van der Waals surface area contributed by atoms with Gasteiger partial charge in [-0.15, -0.1) is 0 Å². The van der Waals surface area contributed by atoms with Gasteiger partial charge in [-0.25, -0.2) is 0 Å². The second-order valence-electron chi connectivity index (χ2n) is 3.59. The topological polar surface area (TPSA) is 49.5 Å². The molecule has 4 heteroatoms. The molecule has 1 unspecified atom stereocenters. The van der Waals surface area contributed by atoms with E-state index < -0.39 is 0 Å².